The van der Waals surface area contributed by atoms with Crippen molar-refractivity contribution in [1.29, 1.82) is 5.41 Å². The SMILES string of the molecule is CC(NC(=O)[C@@H]1C[C@H](c2ccncc2)CN1C(=O)CNC(=O)c1ccc2c(c1)-c1ccccc1C2(F)F)c1cc(C(=N)N)cs1. The van der Waals surface area contributed by atoms with Crippen molar-refractivity contribution in [2.45, 2.75) is 37.3 Å². The largest absolute Gasteiger partial charge is 0.384 e. The molecule has 0 radical (unpaired) electrons. The van der Waals surface area contributed by atoms with Gasteiger partial charge in [-0.3, -0.25) is 24.8 Å². The molecule has 3 atom stereocenters. The molecule has 0 saturated carbocycles. The molecule has 0 spiro atoms. The number of thiophene rings is 1. The highest BCUT2D eigenvalue weighted by Crippen LogP contribution is 2.51. The van der Waals surface area contributed by atoms with E-state index in [0.29, 0.717) is 17.5 Å². The summed E-state index contributed by atoms with van der Waals surface area (Å²) >= 11 is 1.38. The summed E-state index contributed by atoms with van der Waals surface area (Å²) in [6, 6.07) is 14.5. The lowest BCUT2D eigenvalue weighted by Crippen LogP contribution is -2.49. The van der Waals surface area contributed by atoms with E-state index in [0.717, 1.165) is 10.4 Å². The first-order valence-corrected chi connectivity index (χ1v) is 15.3. The Hall–Kier alpha value is -4.97. The van der Waals surface area contributed by atoms with Crippen molar-refractivity contribution < 1.29 is 23.2 Å². The first-order valence-electron chi connectivity index (χ1n) is 14.4. The highest BCUT2D eigenvalue weighted by molar-refractivity contribution is 7.10. The van der Waals surface area contributed by atoms with Crippen molar-refractivity contribution in [2.75, 3.05) is 13.1 Å². The maximum absolute atomic E-state index is 15.0. The molecule has 5 N–H and O–H groups in total. The Kier molecular flexibility index (Phi) is 7.92. The predicted molar refractivity (Wildman–Crippen MR) is 166 cm³/mol. The van der Waals surface area contributed by atoms with Crippen LogP contribution >= 0.6 is 11.3 Å². The van der Waals surface area contributed by atoms with E-state index in [2.05, 4.69) is 15.6 Å². The minimum atomic E-state index is -3.16. The third-order valence-electron chi connectivity index (χ3n) is 8.39. The molecule has 1 aliphatic heterocycles. The van der Waals surface area contributed by atoms with Crippen LogP contribution in [0.15, 0.2) is 78.4 Å². The smallest absolute Gasteiger partial charge is 0.299 e. The first kappa shape index (κ1) is 30.1. The van der Waals surface area contributed by atoms with Crippen LogP contribution in [0.3, 0.4) is 0 Å². The fourth-order valence-electron chi connectivity index (χ4n) is 6.02. The summed E-state index contributed by atoms with van der Waals surface area (Å²) in [5.41, 5.74) is 7.61. The number of hydrogen-bond acceptors (Lipinski definition) is 6. The van der Waals surface area contributed by atoms with Gasteiger partial charge in [-0.2, -0.15) is 8.78 Å². The van der Waals surface area contributed by atoms with Crippen LogP contribution < -0.4 is 16.4 Å². The molecule has 0 bridgehead atoms. The monoisotopic (exact) mass is 628 g/mol. The fraction of sp³-hybridized carbons (Fsp3) is 0.242. The summed E-state index contributed by atoms with van der Waals surface area (Å²) in [6.07, 6.45) is 3.70. The average molecular weight is 629 g/mol. The van der Waals surface area contributed by atoms with E-state index >= 15 is 0 Å². The number of likely N-dealkylation sites (tertiary alicyclic amines) is 1. The van der Waals surface area contributed by atoms with Gasteiger partial charge in [0.1, 0.15) is 11.9 Å². The normalized spacial score (nSPS) is 18.5. The molecule has 3 heterocycles. The molecule has 1 aliphatic carbocycles. The van der Waals surface area contributed by atoms with E-state index in [1.54, 1.807) is 42.0 Å². The van der Waals surface area contributed by atoms with Crippen LogP contribution in [0.4, 0.5) is 8.78 Å². The van der Waals surface area contributed by atoms with Crippen molar-refractivity contribution in [1.82, 2.24) is 20.5 Å². The van der Waals surface area contributed by atoms with Crippen molar-refractivity contribution in [2.24, 2.45) is 5.73 Å². The number of nitrogen functional groups attached to an aromatic ring is 1. The summed E-state index contributed by atoms with van der Waals surface area (Å²) in [4.78, 5) is 46.5. The molecule has 45 heavy (non-hydrogen) atoms. The van der Waals surface area contributed by atoms with Gasteiger partial charge in [-0.05, 0) is 60.4 Å². The Labute approximate surface area is 262 Å². The number of amides is 3. The number of pyridine rings is 1. The standard InChI is InChI=1S/C33H30F2N6O3S/c1-18(28-14-22(17-45-28)30(36)37)40-32(44)27-13-21(19-8-10-38-11-9-19)16-41(27)29(42)15-39-31(43)20-6-7-26-24(12-20)23-4-2-3-5-25(23)33(26,34)35/h2-12,14,17-18,21,27H,13,15-16H2,1H3,(H3,36,37)(H,39,43)(H,40,44)/t18?,21-,27-/m0/s1. The van der Waals surface area contributed by atoms with Gasteiger partial charge < -0.3 is 21.3 Å². The zero-order valence-electron chi connectivity index (χ0n) is 24.2. The maximum Gasteiger partial charge on any atom is 0.299 e. The Balaban J connectivity index is 1.17. The molecular weight excluding hydrogens is 598 g/mol. The zero-order chi connectivity index (χ0) is 31.9. The molecule has 230 valence electrons. The second kappa shape index (κ2) is 11.8. The molecule has 6 rings (SSSR count). The number of amidine groups is 1. The second-order valence-corrected chi connectivity index (χ2v) is 12.2. The van der Waals surface area contributed by atoms with Gasteiger partial charge in [-0.25, -0.2) is 0 Å². The minimum absolute atomic E-state index is 0.0616. The lowest BCUT2D eigenvalue weighted by molar-refractivity contribution is -0.137. The summed E-state index contributed by atoms with van der Waals surface area (Å²) in [7, 11) is 0. The van der Waals surface area contributed by atoms with Crippen molar-refractivity contribution in [3.63, 3.8) is 0 Å². The molecule has 4 aromatic rings. The van der Waals surface area contributed by atoms with Gasteiger partial charge in [0.25, 0.3) is 11.8 Å². The van der Waals surface area contributed by atoms with Gasteiger partial charge in [0.15, 0.2) is 0 Å². The number of carbonyl (C=O) groups is 3. The highest BCUT2D eigenvalue weighted by Gasteiger charge is 2.44. The predicted octanol–water partition coefficient (Wildman–Crippen LogP) is 4.54. The van der Waals surface area contributed by atoms with Gasteiger partial charge in [0, 0.05) is 57.4 Å². The number of carbonyl (C=O) groups excluding carboxylic acids is 3. The Morgan fingerprint density at radius 3 is 2.53 bits per heavy atom. The first-order chi connectivity index (χ1) is 21.5. The molecular formula is C33H30F2N6O3S. The van der Waals surface area contributed by atoms with Crippen LogP contribution in [-0.2, 0) is 15.5 Å². The third-order valence-corrected chi connectivity index (χ3v) is 9.51. The van der Waals surface area contributed by atoms with Gasteiger partial charge >= 0.3 is 0 Å². The zero-order valence-corrected chi connectivity index (χ0v) is 25.0. The molecule has 1 saturated heterocycles. The van der Waals surface area contributed by atoms with Gasteiger partial charge in [-0.15, -0.1) is 11.3 Å². The second-order valence-electron chi connectivity index (χ2n) is 11.2. The quantitative estimate of drug-likeness (QED) is 0.168. The minimum Gasteiger partial charge on any atom is -0.384 e. The van der Waals surface area contributed by atoms with E-state index in [1.807, 2.05) is 19.1 Å². The number of nitrogens with two attached hydrogens (primary N) is 1. The summed E-state index contributed by atoms with van der Waals surface area (Å²) < 4.78 is 29.9. The van der Waals surface area contributed by atoms with E-state index in [-0.39, 0.29) is 59.0 Å². The molecule has 2 aliphatic rings. The Morgan fingerprint density at radius 2 is 1.80 bits per heavy atom. The van der Waals surface area contributed by atoms with E-state index in [4.69, 9.17) is 11.1 Å². The Morgan fingerprint density at radius 1 is 1.07 bits per heavy atom. The topological polar surface area (TPSA) is 141 Å². The number of hydrogen-bond donors (Lipinski definition) is 4. The summed E-state index contributed by atoms with van der Waals surface area (Å²) in [5, 5.41) is 15.0. The summed E-state index contributed by atoms with van der Waals surface area (Å²) in [6.45, 7) is 1.71. The summed E-state index contributed by atoms with van der Waals surface area (Å²) in [5.74, 6) is -4.71. The molecule has 1 unspecified atom stereocenters. The molecule has 2 aromatic heterocycles. The fourth-order valence-corrected chi connectivity index (χ4v) is 6.93. The maximum atomic E-state index is 15.0. The number of nitrogens with one attached hydrogen (secondary N) is 3. The van der Waals surface area contributed by atoms with Crippen LogP contribution in [0.1, 0.15) is 62.8 Å². The number of nitrogens with zero attached hydrogens (tertiary/aromatic N) is 2. The van der Waals surface area contributed by atoms with Gasteiger partial charge in [0.05, 0.1) is 12.6 Å². The number of fused-ring (bicyclic) bond motifs is 3. The third kappa shape index (κ3) is 5.68. The van der Waals surface area contributed by atoms with E-state index in [9.17, 15) is 23.2 Å². The van der Waals surface area contributed by atoms with Gasteiger partial charge in [0.2, 0.25) is 11.8 Å². The van der Waals surface area contributed by atoms with Crippen LogP contribution in [0, 0.1) is 5.41 Å². The molecule has 1 fully saturated rings. The average Bonchev–Trinajstić information content (AvgIpc) is 3.77. The van der Waals surface area contributed by atoms with Gasteiger partial charge in [-0.1, -0.05) is 30.3 Å². The van der Waals surface area contributed by atoms with Crippen LogP contribution in [0.2, 0.25) is 0 Å². The van der Waals surface area contributed by atoms with E-state index in [1.165, 1.54) is 40.5 Å². The number of halogens is 2. The Bertz CT molecular complexity index is 1810. The molecule has 2 aromatic carbocycles. The van der Waals surface area contributed by atoms with E-state index < -0.39 is 23.8 Å². The van der Waals surface area contributed by atoms with Crippen LogP contribution in [0.25, 0.3) is 11.1 Å². The van der Waals surface area contributed by atoms with Crippen LogP contribution in [-0.4, -0.2) is 52.6 Å². The lowest BCUT2D eigenvalue weighted by atomic mass is 9.97. The number of benzene rings is 2. The van der Waals surface area contributed by atoms with Crippen molar-refractivity contribution >= 4 is 34.9 Å². The molecule has 3 amide bonds. The van der Waals surface area contributed by atoms with Crippen LogP contribution in [0.5, 0.6) is 0 Å². The van der Waals surface area contributed by atoms with Crippen molar-refractivity contribution in [3.05, 3.63) is 111 Å². The number of alkyl halides is 2. The van der Waals surface area contributed by atoms with Crippen molar-refractivity contribution in [3.8, 4) is 11.1 Å². The molecule has 12 heteroatoms. The number of rotatable bonds is 8. The lowest BCUT2D eigenvalue weighted by Gasteiger charge is -2.25. The highest BCUT2D eigenvalue weighted by atomic mass is 32.1. The number of aromatic nitrogens is 1. The molecule has 9 nitrogen and oxygen atoms in total.